The fourth-order valence-electron chi connectivity index (χ4n) is 2.28. The van der Waals surface area contributed by atoms with Crippen molar-refractivity contribution < 1.29 is 0 Å². The Labute approximate surface area is 124 Å². The predicted molar refractivity (Wildman–Crippen MR) is 87.4 cm³/mol. The third-order valence-electron chi connectivity index (χ3n) is 3.45. The first-order valence-corrected chi connectivity index (χ1v) is 6.73. The molecule has 0 amide bonds. The topological polar surface area (TPSA) is 49.8 Å². The largest absolute Gasteiger partial charge is 0.399 e. The number of nitrogen functional groups attached to an aromatic ring is 1. The zero-order valence-electron chi connectivity index (χ0n) is 11.5. The fraction of sp³-hybridized carbons (Fsp3) is 0. The van der Waals surface area contributed by atoms with Crippen molar-refractivity contribution in [1.29, 1.82) is 5.26 Å². The maximum atomic E-state index is 9.37. The van der Waals surface area contributed by atoms with Crippen molar-refractivity contribution in [2.24, 2.45) is 0 Å². The van der Waals surface area contributed by atoms with Crippen molar-refractivity contribution in [2.45, 2.75) is 0 Å². The van der Waals surface area contributed by atoms with E-state index in [1.54, 1.807) is 12.1 Å². The number of hydrogen-bond donors (Lipinski definition) is 1. The Morgan fingerprint density at radius 1 is 0.857 bits per heavy atom. The van der Waals surface area contributed by atoms with Crippen LogP contribution in [0.3, 0.4) is 0 Å². The maximum Gasteiger partial charge on any atom is 0.0998 e. The second kappa shape index (κ2) is 5.52. The molecule has 0 saturated heterocycles. The lowest BCUT2D eigenvalue weighted by molar-refractivity contribution is 1.52. The molecule has 3 rings (SSSR count). The number of hydrogen-bond acceptors (Lipinski definition) is 2. The molecule has 0 saturated carbocycles. The van der Waals surface area contributed by atoms with E-state index in [9.17, 15) is 5.26 Å². The number of nitrogens with two attached hydrogens (primary N) is 1. The van der Waals surface area contributed by atoms with Gasteiger partial charge in [0, 0.05) is 5.69 Å². The van der Waals surface area contributed by atoms with Crippen LogP contribution in [0.1, 0.15) is 11.1 Å². The van der Waals surface area contributed by atoms with Crippen LogP contribution in [0.25, 0.3) is 22.8 Å². The van der Waals surface area contributed by atoms with Crippen LogP contribution in [0.2, 0.25) is 0 Å². The lowest BCUT2D eigenvalue weighted by atomic mass is 10.0. The summed E-state index contributed by atoms with van der Waals surface area (Å²) in [6, 6.07) is 24.0. The van der Waals surface area contributed by atoms with Gasteiger partial charge in [-0.1, -0.05) is 54.6 Å². The van der Waals surface area contributed by atoms with Crippen LogP contribution in [-0.2, 0) is 0 Å². The predicted octanol–water partition coefficient (Wildman–Crippen LogP) is 4.44. The van der Waals surface area contributed by atoms with Crippen molar-refractivity contribution >= 4 is 17.3 Å². The van der Waals surface area contributed by atoms with E-state index in [2.05, 4.69) is 30.3 Å². The lowest BCUT2D eigenvalue weighted by Crippen LogP contribution is -1.86. The second-order valence-corrected chi connectivity index (χ2v) is 4.89. The van der Waals surface area contributed by atoms with Gasteiger partial charge in [0.25, 0.3) is 0 Å². The molecule has 0 spiro atoms. The van der Waals surface area contributed by atoms with Crippen LogP contribution < -0.4 is 5.73 Å². The van der Waals surface area contributed by atoms with Crippen molar-refractivity contribution in [2.75, 3.05) is 5.73 Å². The third kappa shape index (κ3) is 2.77. The van der Waals surface area contributed by atoms with Crippen LogP contribution >= 0.6 is 0 Å². The van der Waals surface area contributed by atoms with Gasteiger partial charge in [0.05, 0.1) is 11.6 Å². The van der Waals surface area contributed by atoms with Crippen molar-refractivity contribution in [3.05, 3.63) is 77.9 Å². The summed E-state index contributed by atoms with van der Waals surface area (Å²) in [5.41, 5.74) is 11.3. The second-order valence-electron chi connectivity index (χ2n) is 4.89. The molecular weight excluding hydrogens is 256 g/mol. The summed E-state index contributed by atoms with van der Waals surface area (Å²) in [5.74, 6) is 0. The molecule has 100 valence electrons. The Kier molecular flexibility index (Phi) is 3.41. The Morgan fingerprint density at radius 3 is 2.05 bits per heavy atom. The summed E-state index contributed by atoms with van der Waals surface area (Å²) in [6.07, 6.45) is 1.89. The number of anilines is 1. The molecule has 0 aromatic heterocycles. The van der Waals surface area contributed by atoms with E-state index in [1.807, 2.05) is 36.4 Å². The highest BCUT2D eigenvalue weighted by atomic mass is 14.5. The molecule has 21 heavy (non-hydrogen) atoms. The zero-order valence-corrected chi connectivity index (χ0v) is 11.5. The maximum absolute atomic E-state index is 9.37. The standard InChI is InChI=1S/C19H14N2/c20-13-18(17-8-10-19(21)11-9-17)12-14-4-6-15-2-1-3-16(15)7-5-14/h1-12H,21H2. The van der Waals surface area contributed by atoms with Gasteiger partial charge in [-0.2, -0.15) is 5.26 Å². The van der Waals surface area contributed by atoms with Gasteiger partial charge in [-0.15, -0.1) is 0 Å². The minimum Gasteiger partial charge on any atom is -0.399 e. The molecule has 1 aromatic rings. The monoisotopic (exact) mass is 270 g/mol. The smallest absolute Gasteiger partial charge is 0.0998 e. The molecule has 1 aromatic carbocycles. The quantitative estimate of drug-likeness (QED) is 0.553. The molecule has 2 heteroatoms. The minimum absolute atomic E-state index is 0.626. The molecule has 0 bridgehead atoms. The van der Waals surface area contributed by atoms with Gasteiger partial charge in [-0.25, -0.2) is 0 Å². The first-order valence-electron chi connectivity index (χ1n) is 6.73. The van der Waals surface area contributed by atoms with Crippen molar-refractivity contribution in [3.8, 4) is 17.2 Å². The molecular formula is C19H14N2. The van der Waals surface area contributed by atoms with Crippen LogP contribution in [0.4, 0.5) is 5.69 Å². The molecule has 0 atom stereocenters. The molecule has 2 aliphatic carbocycles. The number of nitrogens with zero attached hydrogens (tertiary/aromatic N) is 1. The van der Waals surface area contributed by atoms with E-state index >= 15 is 0 Å². The average molecular weight is 270 g/mol. The lowest BCUT2D eigenvalue weighted by Gasteiger charge is -1.99. The van der Waals surface area contributed by atoms with E-state index in [0.717, 1.165) is 11.1 Å². The van der Waals surface area contributed by atoms with Gasteiger partial charge in [-0.3, -0.25) is 0 Å². The number of benzene rings is 1. The van der Waals surface area contributed by atoms with Gasteiger partial charge >= 0.3 is 0 Å². The summed E-state index contributed by atoms with van der Waals surface area (Å²) < 4.78 is 0. The molecule has 2 aliphatic rings. The van der Waals surface area contributed by atoms with Gasteiger partial charge in [0.1, 0.15) is 0 Å². The SMILES string of the molecule is N#CC(=Cc1ccc2cccc-2cc1)c1ccc(N)cc1. The van der Waals surface area contributed by atoms with E-state index in [-0.39, 0.29) is 0 Å². The van der Waals surface area contributed by atoms with Crippen LogP contribution in [0.5, 0.6) is 0 Å². The highest BCUT2D eigenvalue weighted by molar-refractivity contribution is 5.90. The number of allylic oxidation sites excluding steroid dienone is 1. The number of nitriles is 1. The van der Waals surface area contributed by atoms with E-state index in [4.69, 9.17) is 5.73 Å². The summed E-state index contributed by atoms with van der Waals surface area (Å²) in [5, 5.41) is 9.37. The Morgan fingerprint density at radius 2 is 1.48 bits per heavy atom. The highest BCUT2D eigenvalue weighted by Crippen LogP contribution is 2.24. The van der Waals surface area contributed by atoms with Crippen LogP contribution in [-0.4, -0.2) is 0 Å². The molecule has 2 N–H and O–H groups in total. The number of fused-ring (bicyclic) bond motifs is 1. The first-order chi connectivity index (χ1) is 10.3. The Hall–Kier alpha value is -3.05. The summed E-state index contributed by atoms with van der Waals surface area (Å²) in [4.78, 5) is 0. The molecule has 2 nitrogen and oxygen atoms in total. The van der Waals surface area contributed by atoms with E-state index < -0.39 is 0 Å². The van der Waals surface area contributed by atoms with Gasteiger partial charge in [0.15, 0.2) is 0 Å². The van der Waals surface area contributed by atoms with Gasteiger partial charge < -0.3 is 5.73 Å². The highest BCUT2D eigenvalue weighted by Gasteiger charge is 2.02. The molecule has 0 aliphatic heterocycles. The minimum atomic E-state index is 0.626. The van der Waals surface area contributed by atoms with Crippen LogP contribution in [0, 0.1) is 11.3 Å². The summed E-state index contributed by atoms with van der Waals surface area (Å²) in [7, 11) is 0. The van der Waals surface area contributed by atoms with Crippen molar-refractivity contribution in [1.82, 2.24) is 0 Å². The zero-order chi connectivity index (χ0) is 14.7. The third-order valence-corrected chi connectivity index (χ3v) is 3.45. The summed E-state index contributed by atoms with van der Waals surface area (Å²) in [6.45, 7) is 0. The molecule has 0 unspecified atom stereocenters. The molecule has 0 fully saturated rings. The fourth-order valence-corrected chi connectivity index (χ4v) is 2.28. The van der Waals surface area contributed by atoms with Gasteiger partial charge in [-0.05, 0) is 40.5 Å². The van der Waals surface area contributed by atoms with Crippen LogP contribution in [0.15, 0.2) is 66.7 Å². The normalized spacial score (nSPS) is 11.3. The molecule has 0 heterocycles. The summed E-state index contributed by atoms with van der Waals surface area (Å²) >= 11 is 0. The molecule has 0 radical (unpaired) electrons. The Bertz CT molecular complexity index is 777. The first kappa shape index (κ1) is 13.0. The van der Waals surface area contributed by atoms with E-state index in [0.29, 0.717) is 11.3 Å². The average Bonchev–Trinajstić information content (AvgIpc) is 2.87. The Balaban J connectivity index is 2.03. The van der Waals surface area contributed by atoms with Crippen molar-refractivity contribution in [3.63, 3.8) is 0 Å². The van der Waals surface area contributed by atoms with E-state index in [1.165, 1.54) is 11.1 Å². The number of rotatable bonds is 2. The van der Waals surface area contributed by atoms with Gasteiger partial charge in [0.2, 0.25) is 0 Å².